The third-order valence-corrected chi connectivity index (χ3v) is 12.0. The summed E-state index contributed by atoms with van der Waals surface area (Å²) in [5.41, 5.74) is 0. The summed E-state index contributed by atoms with van der Waals surface area (Å²) in [5, 5.41) is 71.9. The Morgan fingerprint density at radius 3 is 1.47 bits per heavy atom. The highest BCUT2D eigenvalue weighted by Gasteiger charge is 2.47. The monoisotopic (exact) mass is 891 g/mol. The van der Waals surface area contributed by atoms with E-state index in [1.54, 1.807) is 0 Å². The fourth-order valence-electron chi connectivity index (χ4n) is 7.93. The molecule has 11 unspecified atom stereocenters. The average molecular weight is 891 g/mol. The standard InChI is InChI=1S/C48H90O14/c1-3-5-7-9-11-13-14-15-16-17-18-19-20-21-22-23-24-26-28-30-32-57-34-37(60-40(50)31-29-27-25-12-10-8-6-4-2)35-58-47-46(56)44(54)42(52)39(62-47)36-59-48-45(55)43(53)41(51)38(33-49)61-48/h15-16,37-39,41-49,51-56H,3-14,17-36H2,1-2H3/b16-15-. The minimum absolute atomic E-state index is 0.0652. The molecule has 2 rings (SSSR count). The van der Waals surface area contributed by atoms with Gasteiger partial charge in [-0.3, -0.25) is 4.79 Å². The topological polar surface area (TPSA) is 214 Å². The van der Waals surface area contributed by atoms with Gasteiger partial charge < -0.3 is 64.2 Å². The van der Waals surface area contributed by atoms with Crippen LogP contribution in [0.3, 0.4) is 0 Å². The maximum atomic E-state index is 12.9. The Balaban J connectivity index is 1.72. The summed E-state index contributed by atoms with van der Waals surface area (Å²) in [4.78, 5) is 12.9. The summed E-state index contributed by atoms with van der Waals surface area (Å²) in [6.07, 6.45) is 20.1. The Labute approximate surface area is 374 Å². The zero-order valence-corrected chi connectivity index (χ0v) is 38.6. The van der Waals surface area contributed by atoms with Crippen LogP contribution in [-0.4, -0.2) is 142 Å². The van der Waals surface area contributed by atoms with Crippen molar-refractivity contribution in [1.82, 2.24) is 0 Å². The second-order valence-electron chi connectivity index (χ2n) is 17.6. The summed E-state index contributed by atoms with van der Waals surface area (Å²) in [5.74, 6) is -0.379. The van der Waals surface area contributed by atoms with E-state index < -0.39 is 80.7 Å². The van der Waals surface area contributed by atoms with Gasteiger partial charge in [-0.15, -0.1) is 0 Å². The normalized spacial score (nSPS) is 27.2. The van der Waals surface area contributed by atoms with E-state index in [1.165, 1.54) is 122 Å². The number of ether oxygens (including phenoxy) is 6. The van der Waals surface area contributed by atoms with Crippen molar-refractivity contribution in [2.45, 2.75) is 255 Å². The Bertz CT molecular complexity index is 1080. The van der Waals surface area contributed by atoms with Gasteiger partial charge in [-0.25, -0.2) is 0 Å². The van der Waals surface area contributed by atoms with Crippen LogP contribution in [-0.2, 0) is 33.2 Å². The molecule has 2 fully saturated rings. The quantitative estimate of drug-likeness (QED) is 0.0195. The van der Waals surface area contributed by atoms with Gasteiger partial charge in [0.2, 0.25) is 0 Å². The van der Waals surface area contributed by atoms with Gasteiger partial charge in [0.05, 0.1) is 26.4 Å². The molecule has 2 saturated heterocycles. The molecule has 14 nitrogen and oxygen atoms in total. The van der Waals surface area contributed by atoms with Gasteiger partial charge in [0, 0.05) is 13.0 Å². The van der Waals surface area contributed by atoms with Crippen LogP contribution in [0.1, 0.15) is 187 Å². The summed E-state index contributed by atoms with van der Waals surface area (Å²) in [6.45, 7) is 3.66. The number of hydrogen-bond acceptors (Lipinski definition) is 14. The molecule has 0 aromatic heterocycles. The molecule has 2 heterocycles. The Morgan fingerprint density at radius 1 is 0.516 bits per heavy atom. The highest BCUT2D eigenvalue weighted by Crippen LogP contribution is 2.26. The highest BCUT2D eigenvalue weighted by atomic mass is 16.7. The highest BCUT2D eigenvalue weighted by molar-refractivity contribution is 5.69. The van der Waals surface area contributed by atoms with Gasteiger partial charge in [0.25, 0.3) is 0 Å². The SMILES string of the molecule is CCCCCCCC/C=C\CCCCCCCCCCCCOCC(COC1OC(COC2OC(CO)C(O)C(O)C2O)C(O)C(O)C1O)OC(=O)CCCCCCCCCC. The molecule has 366 valence electrons. The number of allylic oxidation sites excluding steroid dienone is 2. The van der Waals surface area contributed by atoms with Crippen molar-refractivity contribution < 1.29 is 69.0 Å². The molecule has 0 aromatic rings. The largest absolute Gasteiger partial charge is 0.457 e. The number of carbonyl (C=O) groups excluding carboxylic acids is 1. The van der Waals surface area contributed by atoms with E-state index in [2.05, 4.69) is 26.0 Å². The molecule has 0 aliphatic carbocycles. The number of rotatable bonds is 39. The number of hydrogen-bond donors (Lipinski definition) is 7. The van der Waals surface area contributed by atoms with E-state index in [0.29, 0.717) is 13.0 Å². The molecule has 2 aliphatic rings. The lowest BCUT2D eigenvalue weighted by molar-refractivity contribution is -0.332. The molecular weight excluding hydrogens is 801 g/mol. The molecule has 0 bridgehead atoms. The molecular formula is C48H90O14. The molecule has 62 heavy (non-hydrogen) atoms. The zero-order chi connectivity index (χ0) is 45.2. The smallest absolute Gasteiger partial charge is 0.306 e. The van der Waals surface area contributed by atoms with E-state index in [0.717, 1.165) is 38.5 Å². The van der Waals surface area contributed by atoms with E-state index in [4.69, 9.17) is 28.4 Å². The van der Waals surface area contributed by atoms with Crippen LogP contribution in [0.25, 0.3) is 0 Å². The number of aliphatic hydroxyl groups is 7. The maximum Gasteiger partial charge on any atom is 0.306 e. The van der Waals surface area contributed by atoms with Crippen molar-refractivity contribution in [3.63, 3.8) is 0 Å². The molecule has 0 amide bonds. The Kier molecular flexibility index (Phi) is 33.8. The molecule has 0 spiro atoms. The van der Waals surface area contributed by atoms with Gasteiger partial charge >= 0.3 is 5.97 Å². The van der Waals surface area contributed by atoms with Gasteiger partial charge in [0.15, 0.2) is 12.6 Å². The first-order chi connectivity index (χ1) is 30.1. The van der Waals surface area contributed by atoms with Crippen molar-refractivity contribution in [3.8, 4) is 0 Å². The minimum Gasteiger partial charge on any atom is -0.457 e. The van der Waals surface area contributed by atoms with Crippen LogP contribution >= 0.6 is 0 Å². The fraction of sp³-hybridized carbons (Fsp3) is 0.938. The van der Waals surface area contributed by atoms with Gasteiger partial charge in [-0.05, 0) is 38.5 Å². The molecule has 14 heteroatoms. The fourth-order valence-corrected chi connectivity index (χ4v) is 7.93. The van der Waals surface area contributed by atoms with E-state index >= 15 is 0 Å². The number of unbranched alkanes of at least 4 members (excludes halogenated alkanes) is 23. The zero-order valence-electron chi connectivity index (χ0n) is 38.6. The van der Waals surface area contributed by atoms with Gasteiger partial charge in [0.1, 0.15) is 54.9 Å². The summed E-state index contributed by atoms with van der Waals surface area (Å²) in [7, 11) is 0. The summed E-state index contributed by atoms with van der Waals surface area (Å²) in [6, 6.07) is 0. The summed E-state index contributed by atoms with van der Waals surface area (Å²) >= 11 is 0. The second kappa shape index (κ2) is 36.9. The third-order valence-electron chi connectivity index (χ3n) is 12.0. The molecule has 0 radical (unpaired) electrons. The van der Waals surface area contributed by atoms with Crippen LogP contribution < -0.4 is 0 Å². The first-order valence-corrected chi connectivity index (χ1v) is 24.8. The van der Waals surface area contributed by atoms with Crippen LogP contribution in [0.2, 0.25) is 0 Å². The van der Waals surface area contributed by atoms with E-state index in [9.17, 15) is 40.5 Å². The predicted octanol–water partition coefficient (Wildman–Crippen LogP) is 6.68. The van der Waals surface area contributed by atoms with Crippen molar-refractivity contribution in [3.05, 3.63) is 12.2 Å². The lowest BCUT2D eigenvalue weighted by Crippen LogP contribution is -2.61. The summed E-state index contributed by atoms with van der Waals surface area (Å²) < 4.78 is 34.1. The van der Waals surface area contributed by atoms with Crippen molar-refractivity contribution in [2.75, 3.05) is 33.0 Å². The van der Waals surface area contributed by atoms with Crippen molar-refractivity contribution >= 4 is 5.97 Å². The minimum atomic E-state index is -1.70. The van der Waals surface area contributed by atoms with E-state index in [-0.39, 0.29) is 25.6 Å². The molecule has 0 aromatic carbocycles. The first-order valence-electron chi connectivity index (χ1n) is 24.8. The molecule has 11 atom stereocenters. The Morgan fingerprint density at radius 2 is 0.952 bits per heavy atom. The molecule has 0 saturated carbocycles. The molecule has 2 aliphatic heterocycles. The second-order valence-corrected chi connectivity index (χ2v) is 17.6. The van der Waals surface area contributed by atoms with Crippen LogP contribution in [0, 0.1) is 0 Å². The van der Waals surface area contributed by atoms with E-state index in [1.807, 2.05) is 0 Å². The van der Waals surface area contributed by atoms with Crippen LogP contribution in [0.15, 0.2) is 12.2 Å². The van der Waals surface area contributed by atoms with Gasteiger partial charge in [-0.2, -0.15) is 0 Å². The number of aliphatic hydroxyl groups excluding tert-OH is 7. The average Bonchev–Trinajstić information content (AvgIpc) is 3.27. The Hall–Kier alpha value is -1.27. The van der Waals surface area contributed by atoms with Gasteiger partial charge in [-0.1, -0.05) is 154 Å². The third kappa shape index (κ3) is 24.9. The lowest BCUT2D eigenvalue weighted by atomic mass is 9.98. The maximum absolute atomic E-state index is 12.9. The predicted molar refractivity (Wildman–Crippen MR) is 238 cm³/mol. The van der Waals surface area contributed by atoms with Crippen molar-refractivity contribution in [1.29, 1.82) is 0 Å². The van der Waals surface area contributed by atoms with Crippen LogP contribution in [0.4, 0.5) is 0 Å². The van der Waals surface area contributed by atoms with Crippen LogP contribution in [0.5, 0.6) is 0 Å². The van der Waals surface area contributed by atoms with Crippen molar-refractivity contribution in [2.24, 2.45) is 0 Å². The number of carbonyl (C=O) groups is 1. The molecule has 7 N–H and O–H groups in total. The lowest BCUT2D eigenvalue weighted by Gasteiger charge is -2.42. The number of esters is 1. The first kappa shape index (κ1) is 56.9.